The standard InChI is InChI=1S/C25H23F3N2O5/c26-25(27,28)21(22(31)30-15-10-9-14(11-15)23(32)33)12-29-24(34)35-13-20-18-7-3-1-5-16(18)17-6-2-4-8-19(17)20/h1-10,14-15,20-21H,11-13H2,(H,29,34)(H,30,31)(H,32,33). The number of benzene rings is 2. The largest absolute Gasteiger partial charge is 0.481 e. The van der Waals surface area contributed by atoms with Gasteiger partial charge in [-0.1, -0.05) is 60.7 Å². The molecule has 2 aromatic carbocycles. The van der Waals surface area contributed by atoms with Crippen LogP contribution < -0.4 is 10.6 Å². The third-order valence-corrected chi connectivity index (χ3v) is 6.23. The molecule has 2 aromatic rings. The quantitative estimate of drug-likeness (QED) is 0.514. The summed E-state index contributed by atoms with van der Waals surface area (Å²) in [6.45, 7) is -1.09. The third-order valence-electron chi connectivity index (χ3n) is 6.23. The lowest BCUT2D eigenvalue weighted by molar-refractivity contribution is -0.181. The van der Waals surface area contributed by atoms with Crippen molar-refractivity contribution in [3.8, 4) is 11.1 Å². The van der Waals surface area contributed by atoms with Gasteiger partial charge in [-0.05, 0) is 28.7 Å². The number of alkyl halides is 3. The Labute approximate surface area is 199 Å². The van der Waals surface area contributed by atoms with E-state index in [1.54, 1.807) is 0 Å². The van der Waals surface area contributed by atoms with Crippen LogP contribution in [0.1, 0.15) is 23.5 Å². The first-order valence-electron chi connectivity index (χ1n) is 11.0. The molecule has 3 N–H and O–H groups in total. The molecule has 0 aromatic heterocycles. The smallest absolute Gasteiger partial charge is 0.407 e. The number of aliphatic carboxylic acids is 1. The van der Waals surface area contributed by atoms with Crippen molar-refractivity contribution < 1.29 is 37.4 Å². The first-order chi connectivity index (χ1) is 16.6. The Morgan fingerprint density at radius 3 is 2.14 bits per heavy atom. The van der Waals surface area contributed by atoms with Gasteiger partial charge >= 0.3 is 18.2 Å². The molecule has 0 fully saturated rings. The van der Waals surface area contributed by atoms with E-state index in [-0.39, 0.29) is 18.9 Å². The molecular formula is C25H23F3N2O5. The van der Waals surface area contributed by atoms with Crippen molar-refractivity contribution in [3.05, 3.63) is 71.8 Å². The third kappa shape index (κ3) is 5.31. The number of amides is 2. The Morgan fingerprint density at radius 2 is 1.60 bits per heavy atom. The molecule has 0 aliphatic heterocycles. The van der Waals surface area contributed by atoms with E-state index in [2.05, 4.69) is 5.32 Å². The Kier molecular flexibility index (Phi) is 6.81. The van der Waals surface area contributed by atoms with E-state index >= 15 is 0 Å². The van der Waals surface area contributed by atoms with Gasteiger partial charge in [0.15, 0.2) is 5.92 Å². The zero-order valence-electron chi connectivity index (χ0n) is 18.4. The summed E-state index contributed by atoms with van der Waals surface area (Å²) < 4.78 is 45.7. The van der Waals surface area contributed by atoms with Crippen LogP contribution in [0.25, 0.3) is 11.1 Å². The molecule has 35 heavy (non-hydrogen) atoms. The highest BCUT2D eigenvalue weighted by atomic mass is 19.4. The van der Waals surface area contributed by atoms with E-state index < -0.39 is 48.6 Å². The SMILES string of the molecule is O=C(NCC(C(=O)NC1C=CC(C(=O)O)C1)C(F)(F)F)OCC1c2ccccc2-c2ccccc21. The minimum Gasteiger partial charge on any atom is -0.481 e. The van der Waals surface area contributed by atoms with Gasteiger partial charge in [0.05, 0.1) is 5.92 Å². The van der Waals surface area contributed by atoms with Crippen molar-refractivity contribution in [1.29, 1.82) is 0 Å². The number of hydrogen-bond donors (Lipinski definition) is 3. The fourth-order valence-electron chi connectivity index (χ4n) is 4.46. The van der Waals surface area contributed by atoms with Crippen LogP contribution in [-0.2, 0) is 14.3 Å². The molecule has 0 radical (unpaired) electrons. The number of alkyl carbamates (subject to hydrolysis) is 1. The summed E-state index contributed by atoms with van der Waals surface area (Å²) in [7, 11) is 0. The first kappa shape index (κ1) is 24.3. The van der Waals surface area contributed by atoms with E-state index in [0.717, 1.165) is 22.3 Å². The molecule has 3 atom stereocenters. The summed E-state index contributed by atoms with van der Waals surface area (Å²) in [5.74, 6) is -6.12. The number of carboxylic acid groups (broad SMARTS) is 1. The number of carbonyl (C=O) groups excluding carboxylic acids is 2. The van der Waals surface area contributed by atoms with Crippen LogP contribution in [0, 0.1) is 11.8 Å². The summed E-state index contributed by atoms with van der Waals surface area (Å²) in [6, 6.07) is 14.4. The minimum atomic E-state index is -4.92. The Hall–Kier alpha value is -3.82. The van der Waals surface area contributed by atoms with Crippen LogP contribution in [0.3, 0.4) is 0 Å². The summed E-state index contributed by atoms with van der Waals surface area (Å²) in [5, 5.41) is 13.2. The predicted octanol–water partition coefficient (Wildman–Crippen LogP) is 3.85. The maximum absolute atomic E-state index is 13.5. The van der Waals surface area contributed by atoms with Crippen molar-refractivity contribution >= 4 is 18.0 Å². The molecule has 0 bridgehead atoms. The van der Waals surface area contributed by atoms with Crippen LogP contribution >= 0.6 is 0 Å². The average Bonchev–Trinajstić information content (AvgIpc) is 3.40. The average molecular weight is 488 g/mol. The van der Waals surface area contributed by atoms with Crippen LogP contribution in [0.4, 0.5) is 18.0 Å². The van der Waals surface area contributed by atoms with Crippen molar-refractivity contribution in [3.63, 3.8) is 0 Å². The number of halogens is 3. The van der Waals surface area contributed by atoms with Gasteiger partial charge in [0.25, 0.3) is 0 Å². The highest BCUT2D eigenvalue weighted by Gasteiger charge is 2.45. The molecule has 0 spiro atoms. The number of nitrogens with one attached hydrogen (secondary N) is 2. The van der Waals surface area contributed by atoms with Crippen molar-refractivity contribution in [2.24, 2.45) is 11.8 Å². The zero-order valence-corrected chi connectivity index (χ0v) is 18.4. The summed E-state index contributed by atoms with van der Waals surface area (Å²) >= 11 is 0. The molecule has 10 heteroatoms. The summed E-state index contributed by atoms with van der Waals surface area (Å²) in [4.78, 5) is 35.5. The fraction of sp³-hybridized carbons (Fsp3) is 0.320. The second-order valence-electron chi connectivity index (χ2n) is 8.48. The molecule has 0 saturated carbocycles. The normalized spacial score (nSPS) is 19.5. The molecule has 2 aliphatic carbocycles. The van der Waals surface area contributed by atoms with E-state index in [9.17, 15) is 27.6 Å². The van der Waals surface area contributed by atoms with Crippen molar-refractivity contribution in [2.75, 3.05) is 13.2 Å². The molecule has 2 amide bonds. The summed E-state index contributed by atoms with van der Waals surface area (Å²) in [5.41, 5.74) is 3.94. The maximum atomic E-state index is 13.5. The monoisotopic (exact) mass is 488 g/mol. The molecule has 0 heterocycles. The van der Waals surface area contributed by atoms with Gasteiger partial charge in [0.2, 0.25) is 5.91 Å². The molecule has 2 aliphatic rings. The molecular weight excluding hydrogens is 465 g/mol. The Bertz CT molecular complexity index is 1120. The van der Waals surface area contributed by atoms with Crippen molar-refractivity contribution in [2.45, 2.75) is 24.6 Å². The number of carbonyl (C=O) groups is 3. The number of rotatable bonds is 7. The van der Waals surface area contributed by atoms with Gasteiger partial charge < -0.3 is 20.5 Å². The number of hydrogen-bond acceptors (Lipinski definition) is 4. The molecule has 7 nitrogen and oxygen atoms in total. The lowest BCUT2D eigenvalue weighted by atomic mass is 9.98. The highest BCUT2D eigenvalue weighted by molar-refractivity contribution is 5.82. The van der Waals surface area contributed by atoms with Gasteiger partial charge in [-0.3, -0.25) is 9.59 Å². The minimum absolute atomic E-state index is 0.0363. The topological polar surface area (TPSA) is 105 Å². The number of ether oxygens (including phenoxy) is 1. The fourth-order valence-corrected chi connectivity index (χ4v) is 4.46. The van der Waals surface area contributed by atoms with E-state index in [4.69, 9.17) is 9.84 Å². The Balaban J connectivity index is 1.34. The van der Waals surface area contributed by atoms with Gasteiger partial charge in [0.1, 0.15) is 6.61 Å². The lowest BCUT2D eigenvalue weighted by Gasteiger charge is -2.22. The first-order valence-corrected chi connectivity index (χ1v) is 11.0. The molecule has 0 saturated heterocycles. The lowest BCUT2D eigenvalue weighted by Crippen LogP contribution is -2.48. The van der Waals surface area contributed by atoms with E-state index in [1.165, 1.54) is 12.2 Å². The number of fused-ring (bicyclic) bond motifs is 3. The van der Waals surface area contributed by atoms with Gasteiger partial charge in [-0.15, -0.1) is 0 Å². The highest BCUT2D eigenvalue weighted by Crippen LogP contribution is 2.44. The van der Waals surface area contributed by atoms with E-state index in [0.29, 0.717) is 0 Å². The van der Waals surface area contributed by atoms with Crippen LogP contribution in [0.2, 0.25) is 0 Å². The zero-order chi connectivity index (χ0) is 25.2. The van der Waals surface area contributed by atoms with Gasteiger partial charge in [-0.25, -0.2) is 4.79 Å². The second kappa shape index (κ2) is 9.81. The van der Waals surface area contributed by atoms with Crippen molar-refractivity contribution in [1.82, 2.24) is 10.6 Å². The van der Waals surface area contributed by atoms with Crippen LogP contribution in [0.5, 0.6) is 0 Å². The van der Waals surface area contributed by atoms with Gasteiger partial charge in [0, 0.05) is 18.5 Å². The van der Waals surface area contributed by atoms with Crippen LogP contribution in [-0.4, -0.2) is 48.4 Å². The number of carboxylic acids is 1. The predicted molar refractivity (Wildman–Crippen MR) is 119 cm³/mol. The second-order valence-corrected chi connectivity index (χ2v) is 8.48. The maximum Gasteiger partial charge on any atom is 0.407 e. The van der Waals surface area contributed by atoms with Gasteiger partial charge in [-0.2, -0.15) is 13.2 Å². The summed E-state index contributed by atoms with van der Waals surface area (Å²) in [6.07, 6.45) is -3.35. The van der Waals surface area contributed by atoms with E-state index in [1.807, 2.05) is 53.8 Å². The Morgan fingerprint density at radius 1 is 1.00 bits per heavy atom. The molecule has 184 valence electrons. The molecule has 4 rings (SSSR count). The van der Waals surface area contributed by atoms with Crippen LogP contribution in [0.15, 0.2) is 60.7 Å². The molecule has 3 unspecified atom stereocenters.